The van der Waals surface area contributed by atoms with E-state index in [0.29, 0.717) is 12.8 Å². The zero-order valence-corrected chi connectivity index (χ0v) is 10.4. The molecular weight excluding hydrogens is 264 g/mol. The fourth-order valence-corrected chi connectivity index (χ4v) is 1.92. The van der Waals surface area contributed by atoms with E-state index < -0.39 is 17.2 Å². The molecule has 0 aromatic heterocycles. The molecule has 0 aliphatic carbocycles. The lowest BCUT2D eigenvalue weighted by Gasteiger charge is -2.28. The molecule has 0 saturated heterocycles. The van der Waals surface area contributed by atoms with Crippen molar-refractivity contribution in [1.82, 2.24) is 0 Å². The summed E-state index contributed by atoms with van der Waals surface area (Å²) in [5.41, 5.74) is 5.03. The third kappa shape index (κ3) is 2.21. The molecule has 1 aromatic rings. The van der Waals surface area contributed by atoms with Gasteiger partial charge in [-0.05, 0) is 40.9 Å². The molecule has 0 saturated carbocycles. The first kappa shape index (κ1) is 12.6. The molecule has 0 amide bonds. The van der Waals surface area contributed by atoms with Crippen molar-refractivity contribution >= 4 is 15.9 Å². The summed E-state index contributed by atoms with van der Waals surface area (Å²) < 4.78 is 27.6. The smallest absolute Gasteiger partial charge is 0.145 e. The largest absolute Gasteiger partial charge is 0.321 e. The van der Waals surface area contributed by atoms with Crippen LogP contribution in [0.3, 0.4) is 0 Å². The number of nitrogens with two attached hydrogens (primary N) is 1. The first-order valence-corrected chi connectivity index (χ1v) is 5.68. The highest BCUT2D eigenvalue weighted by atomic mass is 79.9. The number of hydrogen-bond donors (Lipinski definition) is 1. The maximum absolute atomic E-state index is 13.8. The lowest BCUT2D eigenvalue weighted by Crippen LogP contribution is -2.37. The molecule has 0 aliphatic rings. The van der Waals surface area contributed by atoms with Crippen LogP contribution in [-0.2, 0) is 5.54 Å². The maximum atomic E-state index is 13.8. The van der Waals surface area contributed by atoms with Gasteiger partial charge in [0.2, 0.25) is 0 Å². The van der Waals surface area contributed by atoms with Crippen LogP contribution in [0.2, 0.25) is 0 Å². The van der Waals surface area contributed by atoms with Crippen molar-refractivity contribution < 1.29 is 8.78 Å². The van der Waals surface area contributed by atoms with Gasteiger partial charge in [0, 0.05) is 11.1 Å². The SMILES string of the molecule is CCC(N)(CC)c1c(F)ccc(Br)c1F. The highest BCUT2D eigenvalue weighted by molar-refractivity contribution is 9.10. The second kappa shape index (κ2) is 4.58. The Labute approximate surface area is 96.8 Å². The molecule has 0 fully saturated rings. The van der Waals surface area contributed by atoms with Crippen molar-refractivity contribution in [3.8, 4) is 0 Å². The van der Waals surface area contributed by atoms with E-state index in [-0.39, 0.29) is 10.0 Å². The lowest BCUT2D eigenvalue weighted by atomic mass is 9.85. The maximum Gasteiger partial charge on any atom is 0.145 e. The molecule has 4 heteroatoms. The fourth-order valence-electron chi connectivity index (χ4n) is 1.59. The van der Waals surface area contributed by atoms with E-state index in [1.54, 1.807) is 0 Å². The molecule has 0 aliphatic heterocycles. The second-order valence-corrected chi connectivity index (χ2v) is 4.44. The van der Waals surface area contributed by atoms with E-state index in [0.717, 1.165) is 0 Å². The van der Waals surface area contributed by atoms with Crippen LogP contribution >= 0.6 is 15.9 Å². The van der Waals surface area contributed by atoms with Gasteiger partial charge in [-0.2, -0.15) is 0 Å². The van der Waals surface area contributed by atoms with Gasteiger partial charge in [-0.25, -0.2) is 8.78 Å². The quantitative estimate of drug-likeness (QED) is 0.838. The Balaban J connectivity index is 3.41. The Morgan fingerprint density at radius 1 is 1.27 bits per heavy atom. The number of hydrogen-bond acceptors (Lipinski definition) is 1. The van der Waals surface area contributed by atoms with Crippen molar-refractivity contribution in [1.29, 1.82) is 0 Å². The average molecular weight is 278 g/mol. The standard InChI is InChI=1S/C11H14BrF2N/c1-3-11(15,4-2)9-8(13)6-5-7(12)10(9)14/h5-6H,3-4,15H2,1-2H3. The van der Waals surface area contributed by atoms with Crippen LogP contribution in [0.15, 0.2) is 16.6 Å². The van der Waals surface area contributed by atoms with Gasteiger partial charge in [0.25, 0.3) is 0 Å². The highest BCUT2D eigenvalue weighted by Gasteiger charge is 2.30. The van der Waals surface area contributed by atoms with E-state index in [2.05, 4.69) is 15.9 Å². The van der Waals surface area contributed by atoms with Crippen molar-refractivity contribution in [3.05, 3.63) is 33.8 Å². The van der Waals surface area contributed by atoms with Gasteiger partial charge in [0.15, 0.2) is 0 Å². The Hall–Kier alpha value is -0.480. The van der Waals surface area contributed by atoms with Gasteiger partial charge in [-0.1, -0.05) is 13.8 Å². The van der Waals surface area contributed by atoms with Gasteiger partial charge in [0.05, 0.1) is 4.47 Å². The Bertz CT molecular complexity index is 362. The van der Waals surface area contributed by atoms with Crippen molar-refractivity contribution in [2.24, 2.45) is 5.73 Å². The van der Waals surface area contributed by atoms with E-state index in [4.69, 9.17) is 5.73 Å². The lowest BCUT2D eigenvalue weighted by molar-refractivity contribution is 0.369. The molecule has 1 aromatic carbocycles. The summed E-state index contributed by atoms with van der Waals surface area (Å²) in [4.78, 5) is 0. The van der Waals surface area contributed by atoms with Crippen molar-refractivity contribution in [2.75, 3.05) is 0 Å². The van der Waals surface area contributed by atoms with Crippen LogP contribution in [0.5, 0.6) is 0 Å². The topological polar surface area (TPSA) is 26.0 Å². The minimum Gasteiger partial charge on any atom is -0.321 e. The van der Waals surface area contributed by atoms with Crippen LogP contribution in [-0.4, -0.2) is 0 Å². The number of rotatable bonds is 3. The van der Waals surface area contributed by atoms with Crippen molar-refractivity contribution in [3.63, 3.8) is 0 Å². The van der Waals surface area contributed by atoms with E-state index >= 15 is 0 Å². The molecule has 0 atom stereocenters. The summed E-state index contributed by atoms with van der Waals surface area (Å²) >= 11 is 3.03. The van der Waals surface area contributed by atoms with Crippen molar-refractivity contribution in [2.45, 2.75) is 32.2 Å². The summed E-state index contributed by atoms with van der Waals surface area (Å²) in [7, 11) is 0. The van der Waals surface area contributed by atoms with Gasteiger partial charge >= 0.3 is 0 Å². The van der Waals surface area contributed by atoms with Crippen LogP contribution in [0.25, 0.3) is 0 Å². The first-order valence-electron chi connectivity index (χ1n) is 4.89. The predicted molar refractivity (Wildman–Crippen MR) is 60.5 cm³/mol. The zero-order valence-electron chi connectivity index (χ0n) is 8.78. The third-order valence-electron chi connectivity index (χ3n) is 2.80. The molecule has 0 bridgehead atoms. The molecule has 1 rings (SSSR count). The minimum absolute atomic E-state index is 0.0260. The van der Waals surface area contributed by atoms with Crippen LogP contribution in [0.1, 0.15) is 32.3 Å². The van der Waals surface area contributed by atoms with Gasteiger partial charge < -0.3 is 5.73 Å². The van der Waals surface area contributed by atoms with E-state index in [9.17, 15) is 8.78 Å². The highest BCUT2D eigenvalue weighted by Crippen LogP contribution is 2.33. The molecule has 1 nitrogen and oxygen atoms in total. The van der Waals surface area contributed by atoms with Gasteiger partial charge in [-0.3, -0.25) is 0 Å². The van der Waals surface area contributed by atoms with Crippen LogP contribution in [0.4, 0.5) is 8.78 Å². The van der Waals surface area contributed by atoms with Crippen LogP contribution in [0, 0.1) is 11.6 Å². The Morgan fingerprint density at radius 3 is 2.27 bits per heavy atom. The summed E-state index contributed by atoms with van der Waals surface area (Å²) in [6.45, 7) is 3.65. The average Bonchev–Trinajstić information content (AvgIpc) is 2.23. The molecule has 0 unspecified atom stereocenters. The number of benzene rings is 1. The molecule has 0 heterocycles. The summed E-state index contributed by atoms with van der Waals surface area (Å²) in [6, 6.07) is 2.58. The molecular formula is C11H14BrF2N. The minimum atomic E-state index is -0.933. The Morgan fingerprint density at radius 2 is 1.80 bits per heavy atom. The van der Waals surface area contributed by atoms with Crippen LogP contribution < -0.4 is 5.73 Å². The number of halogens is 3. The van der Waals surface area contributed by atoms with E-state index in [1.165, 1.54) is 12.1 Å². The molecule has 2 N–H and O–H groups in total. The Kier molecular flexibility index (Phi) is 3.84. The predicted octanol–water partition coefficient (Wildman–Crippen LogP) is 3.70. The van der Waals surface area contributed by atoms with Gasteiger partial charge in [0.1, 0.15) is 11.6 Å². The summed E-state index contributed by atoms with van der Waals surface area (Å²) in [5.74, 6) is -1.18. The third-order valence-corrected chi connectivity index (χ3v) is 3.42. The molecule has 15 heavy (non-hydrogen) atoms. The monoisotopic (exact) mass is 277 g/mol. The van der Waals surface area contributed by atoms with E-state index in [1.807, 2.05) is 13.8 Å². The second-order valence-electron chi connectivity index (χ2n) is 3.58. The summed E-state index contributed by atoms with van der Waals surface area (Å²) in [5, 5.41) is 0. The molecule has 0 spiro atoms. The first-order chi connectivity index (χ1) is 6.96. The van der Waals surface area contributed by atoms with Gasteiger partial charge in [-0.15, -0.1) is 0 Å². The molecule has 0 radical (unpaired) electrons. The fraction of sp³-hybridized carbons (Fsp3) is 0.455. The molecule has 84 valence electrons. The normalized spacial score (nSPS) is 11.9. The zero-order chi connectivity index (χ0) is 11.6. The summed E-state index contributed by atoms with van der Waals surface area (Å²) in [6.07, 6.45) is 0.988.